The second-order valence-electron chi connectivity index (χ2n) is 6.31. The number of aromatic nitrogens is 3. The molecular weight excluding hydrogens is 304 g/mol. The summed E-state index contributed by atoms with van der Waals surface area (Å²) in [7, 11) is 4.07. The van der Waals surface area contributed by atoms with Gasteiger partial charge in [-0.3, -0.25) is 9.78 Å². The average Bonchev–Trinajstić information content (AvgIpc) is 2.61. The van der Waals surface area contributed by atoms with Crippen LogP contribution in [0.15, 0.2) is 35.6 Å². The van der Waals surface area contributed by atoms with Crippen molar-refractivity contribution in [1.82, 2.24) is 20.3 Å². The highest BCUT2D eigenvalue weighted by Crippen LogP contribution is 2.18. The Morgan fingerprint density at radius 3 is 3.08 bits per heavy atom. The van der Waals surface area contributed by atoms with E-state index in [2.05, 4.69) is 30.1 Å². The van der Waals surface area contributed by atoms with Crippen molar-refractivity contribution in [3.05, 3.63) is 46.8 Å². The molecule has 1 fully saturated rings. The maximum absolute atomic E-state index is 11.9. The van der Waals surface area contributed by atoms with Gasteiger partial charge >= 0.3 is 0 Å². The van der Waals surface area contributed by atoms with Crippen LogP contribution in [0.3, 0.4) is 0 Å². The molecule has 2 N–H and O–H groups in total. The molecule has 7 heteroatoms. The predicted molar refractivity (Wildman–Crippen MR) is 95.5 cm³/mol. The molecule has 7 nitrogen and oxygen atoms in total. The zero-order valence-electron chi connectivity index (χ0n) is 14.2. The van der Waals surface area contributed by atoms with E-state index in [0.717, 1.165) is 32.5 Å². The molecular formula is C17H24N6O. The highest BCUT2D eigenvalue weighted by atomic mass is 16.1. The Kier molecular flexibility index (Phi) is 5.10. The number of pyridine rings is 1. The van der Waals surface area contributed by atoms with Crippen molar-refractivity contribution in [2.24, 2.45) is 0 Å². The van der Waals surface area contributed by atoms with E-state index in [0.29, 0.717) is 11.9 Å². The van der Waals surface area contributed by atoms with Crippen molar-refractivity contribution in [1.29, 1.82) is 0 Å². The van der Waals surface area contributed by atoms with Crippen LogP contribution in [0.5, 0.6) is 0 Å². The van der Waals surface area contributed by atoms with Gasteiger partial charge in [0.2, 0.25) is 0 Å². The zero-order valence-corrected chi connectivity index (χ0v) is 14.2. The summed E-state index contributed by atoms with van der Waals surface area (Å²) >= 11 is 0. The average molecular weight is 328 g/mol. The SMILES string of the molecule is CN(C)c1ccncc1CN[C@H]1CCCN(c2ncc[nH]c2=O)C1. The van der Waals surface area contributed by atoms with Gasteiger partial charge in [0, 0.05) is 75.8 Å². The fourth-order valence-corrected chi connectivity index (χ4v) is 3.15. The first-order valence-electron chi connectivity index (χ1n) is 8.27. The molecule has 2 aromatic rings. The van der Waals surface area contributed by atoms with Crippen LogP contribution in [-0.2, 0) is 6.54 Å². The first kappa shape index (κ1) is 16.4. The van der Waals surface area contributed by atoms with Gasteiger partial charge in [-0.25, -0.2) is 4.98 Å². The van der Waals surface area contributed by atoms with Crippen molar-refractivity contribution in [3.63, 3.8) is 0 Å². The lowest BCUT2D eigenvalue weighted by molar-refractivity contribution is 0.419. The van der Waals surface area contributed by atoms with Crippen molar-refractivity contribution in [2.45, 2.75) is 25.4 Å². The quantitative estimate of drug-likeness (QED) is 0.852. The third-order valence-electron chi connectivity index (χ3n) is 4.35. The van der Waals surface area contributed by atoms with Crippen LogP contribution in [0.4, 0.5) is 11.5 Å². The maximum atomic E-state index is 11.9. The fourth-order valence-electron chi connectivity index (χ4n) is 3.15. The van der Waals surface area contributed by atoms with Gasteiger partial charge in [-0.05, 0) is 18.9 Å². The highest BCUT2D eigenvalue weighted by molar-refractivity contribution is 5.50. The standard InChI is InChI=1S/C17H24N6O/c1-22(2)15-5-6-18-10-13(15)11-21-14-4-3-9-23(12-14)16-17(24)20-8-7-19-16/h5-8,10,14,21H,3-4,9,11-12H2,1-2H3,(H,20,24)/t14-/m0/s1. The topological polar surface area (TPSA) is 77.2 Å². The number of anilines is 2. The van der Waals surface area contributed by atoms with E-state index in [1.54, 1.807) is 12.4 Å². The van der Waals surface area contributed by atoms with Crippen LogP contribution < -0.4 is 20.7 Å². The number of rotatable bonds is 5. The van der Waals surface area contributed by atoms with Crippen LogP contribution in [0.1, 0.15) is 18.4 Å². The summed E-state index contributed by atoms with van der Waals surface area (Å²) in [5, 5.41) is 3.60. The lowest BCUT2D eigenvalue weighted by Gasteiger charge is -2.33. The van der Waals surface area contributed by atoms with Gasteiger partial charge in [-0.1, -0.05) is 0 Å². The molecule has 3 heterocycles. The molecule has 3 rings (SSSR count). The third-order valence-corrected chi connectivity index (χ3v) is 4.35. The minimum atomic E-state index is -0.125. The zero-order chi connectivity index (χ0) is 16.9. The smallest absolute Gasteiger partial charge is 0.290 e. The minimum Gasteiger partial charge on any atom is -0.377 e. The Labute approximate surface area is 141 Å². The summed E-state index contributed by atoms with van der Waals surface area (Å²) in [6.45, 7) is 2.42. The first-order chi connectivity index (χ1) is 11.6. The number of nitrogens with one attached hydrogen (secondary N) is 2. The Bertz CT molecular complexity index is 729. The Balaban J connectivity index is 1.64. The van der Waals surface area contributed by atoms with E-state index in [1.807, 2.05) is 32.6 Å². The first-order valence-corrected chi connectivity index (χ1v) is 8.27. The molecule has 0 aliphatic carbocycles. The van der Waals surface area contributed by atoms with Gasteiger partial charge in [-0.15, -0.1) is 0 Å². The van der Waals surface area contributed by atoms with Crippen LogP contribution in [0.2, 0.25) is 0 Å². The molecule has 24 heavy (non-hydrogen) atoms. The highest BCUT2D eigenvalue weighted by Gasteiger charge is 2.22. The normalized spacial score (nSPS) is 17.8. The molecule has 0 radical (unpaired) electrons. The predicted octanol–water partition coefficient (Wildman–Crippen LogP) is 0.989. The summed E-state index contributed by atoms with van der Waals surface area (Å²) in [5.74, 6) is 0.513. The number of nitrogens with zero attached hydrogens (tertiary/aromatic N) is 4. The molecule has 2 aromatic heterocycles. The van der Waals surface area contributed by atoms with Gasteiger partial charge in [0.05, 0.1) is 0 Å². The number of H-pyrrole nitrogens is 1. The number of hydrogen-bond donors (Lipinski definition) is 2. The minimum absolute atomic E-state index is 0.125. The van der Waals surface area contributed by atoms with Gasteiger partial charge in [0.25, 0.3) is 5.56 Å². The van der Waals surface area contributed by atoms with Crippen LogP contribution >= 0.6 is 0 Å². The monoisotopic (exact) mass is 328 g/mol. The Morgan fingerprint density at radius 1 is 1.42 bits per heavy atom. The Hall–Kier alpha value is -2.41. The van der Waals surface area contributed by atoms with Crippen molar-refractivity contribution in [2.75, 3.05) is 37.0 Å². The van der Waals surface area contributed by atoms with Crippen LogP contribution in [-0.4, -0.2) is 48.2 Å². The van der Waals surface area contributed by atoms with Crippen LogP contribution in [0.25, 0.3) is 0 Å². The molecule has 1 saturated heterocycles. The number of hydrogen-bond acceptors (Lipinski definition) is 6. The molecule has 0 saturated carbocycles. The molecule has 0 aromatic carbocycles. The van der Waals surface area contributed by atoms with E-state index in [1.165, 1.54) is 11.3 Å². The second-order valence-corrected chi connectivity index (χ2v) is 6.31. The van der Waals surface area contributed by atoms with E-state index in [-0.39, 0.29) is 5.56 Å². The molecule has 128 valence electrons. The molecule has 0 spiro atoms. The van der Waals surface area contributed by atoms with Gasteiger partial charge in [0.15, 0.2) is 5.82 Å². The third kappa shape index (κ3) is 3.73. The summed E-state index contributed by atoms with van der Waals surface area (Å²) in [4.78, 5) is 27.3. The van der Waals surface area contributed by atoms with Crippen molar-refractivity contribution < 1.29 is 0 Å². The lowest BCUT2D eigenvalue weighted by atomic mass is 10.1. The molecule has 1 atom stereocenters. The Morgan fingerprint density at radius 2 is 2.29 bits per heavy atom. The van der Waals surface area contributed by atoms with Gasteiger partial charge in [0.1, 0.15) is 0 Å². The molecule has 1 aliphatic heterocycles. The molecule has 0 amide bonds. The fraction of sp³-hybridized carbons (Fsp3) is 0.471. The molecule has 0 bridgehead atoms. The van der Waals surface area contributed by atoms with Gasteiger partial charge in [-0.2, -0.15) is 0 Å². The number of piperidine rings is 1. The van der Waals surface area contributed by atoms with Crippen molar-refractivity contribution >= 4 is 11.5 Å². The summed E-state index contributed by atoms with van der Waals surface area (Å²) in [6.07, 6.45) is 9.06. The lowest BCUT2D eigenvalue weighted by Crippen LogP contribution is -2.47. The van der Waals surface area contributed by atoms with E-state index >= 15 is 0 Å². The van der Waals surface area contributed by atoms with E-state index in [4.69, 9.17) is 0 Å². The van der Waals surface area contributed by atoms with Crippen LogP contribution in [0, 0.1) is 0 Å². The molecule has 0 unspecified atom stereocenters. The van der Waals surface area contributed by atoms with E-state index < -0.39 is 0 Å². The van der Waals surface area contributed by atoms with Crippen molar-refractivity contribution in [3.8, 4) is 0 Å². The second kappa shape index (κ2) is 7.44. The summed E-state index contributed by atoms with van der Waals surface area (Å²) in [6, 6.07) is 2.35. The summed E-state index contributed by atoms with van der Waals surface area (Å²) in [5.41, 5.74) is 2.22. The van der Waals surface area contributed by atoms with E-state index in [9.17, 15) is 4.79 Å². The number of aromatic amines is 1. The maximum Gasteiger partial charge on any atom is 0.290 e. The van der Waals surface area contributed by atoms with Gasteiger partial charge < -0.3 is 20.1 Å². The largest absolute Gasteiger partial charge is 0.377 e. The summed E-state index contributed by atoms with van der Waals surface area (Å²) < 4.78 is 0. The molecule has 1 aliphatic rings.